The summed E-state index contributed by atoms with van der Waals surface area (Å²) < 4.78 is 5.46. The molecule has 0 radical (unpaired) electrons. The summed E-state index contributed by atoms with van der Waals surface area (Å²) in [4.78, 5) is 0. The molecule has 2 nitrogen and oxygen atoms in total. The van der Waals surface area contributed by atoms with Crippen LogP contribution in [0.15, 0.2) is 59.6 Å². The van der Waals surface area contributed by atoms with Crippen molar-refractivity contribution in [3.05, 3.63) is 59.6 Å². The molecule has 0 saturated heterocycles. The molecule has 0 aromatic carbocycles. The largest absolute Gasteiger partial charge is 0.456 e. The van der Waals surface area contributed by atoms with Crippen LogP contribution in [0.3, 0.4) is 0 Å². The van der Waals surface area contributed by atoms with Gasteiger partial charge in [-0.3, -0.25) is 0 Å². The summed E-state index contributed by atoms with van der Waals surface area (Å²) in [5, 5.41) is 8.80. The van der Waals surface area contributed by atoms with Crippen LogP contribution in [0.4, 0.5) is 0 Å². The van der Waals surface area contributed by atoms with E-state index in [1.807, 2.05) is 30.4 Å². The van der Waals surface area contributed by atoms with Crippen LogP contribution in [0.1, 0.15) is 0 Å². The van der Waals surface area contributed by atoms with Crippen molar-refractivity contribution in [3.63, 3.8) is 0 Å². The lowest BCUT2D eigenvalue weighted by Gasteiger charge is -2.03. The van der Waals surface area contributed by atoms with Crippen molar-refractivity contribution in [2.45, 2.75) is 0 Å². The molecule has 2 heteroatoms. The molecular formula is C11H7NO. The Morgan fingerprint density at radius 2 is 1.92 bits per heavy atom. The average molecular weight is 169 g/mol. The van der Waals surface area contributed by atoms with Crippen LogP contribution in [-0.2, 0) is 4.74 Å². The van der Waals surface area contributed by atoms with Crippen LogP contribution in [0.25, 0.3) is 0 Å². The van der Waals surface area contributed by atoms with Crippen molar-refractivity contribution in [1.29, 1.82) is 5.26 Å². The molecule has 2 aliphatic rings. The third-order valence-corrected chi connectivity index (χ3v) is 1.76. The molecule has 2 bridgehead atoms. The SMILES string of the molecule is N#CC1=C2C=CC=CC(=CC=C1)O2. The molecule has 0 aromatic rings. The van der Waals surface area contributed by atoms with E-state index in [1.54, 1.807) is 12.2 Å². The van der Waals surface area contributed by atoms with Gasteiger partial charge < -0.3 is 4.74 Å². The Labute approximate surface area is 76.4 Å². The van der Waals surface area contributed by atoms with Crippen molar-refractivity contribution in [1.82, 2.24) is 0 Å². The predicted molar refractivity (Wildman–Crippen MR) is 49.2 cm³/mol. The lowest BCUT2D eigenvalue weighted by molar-refractivity contribution is 0.336. The molecule has 0 spiro atoms. The molecular weight excluding hydrogens is 162 g/mol. The third-order valence-electron chi connectivity index (χ3n) is 1.76. The Bertz CT molecular complexity index is 414. The molecule has 2 heterocycles. The molecule has 13 heavy (non-hydrogen) atoms. The highest BCUT2D eigenvalue weighted by Crippen LogP contribution is 2.20. The first kappa shape index (κ1) is 7.63. The lowest BCUT2D eigenvalue weighted by atomic mass is 10.2. The van der Waals surface area contributed by atoms with Crippen molar-refractivity contribution in [2.75, 3.05) is 0 Å². The normalized spacial score (nSPS) is 18.5. The summed E-state index contributed by atoms with van der Waals surface area (Å²) in [5.74, 6) is 1.36. The fourth-order valence-electron chi connectivity index (χ4n) is 1.14. The highest BCUT2D eigenvalue weighted by molar-refractivity contribution is 5.46. The zero-order chi connectivity index (χ0) is 9.10. The van der Waals surface area contributed by atoms with Gasteiger partial charge in [-0.2, -0.15) is 5.26 Å². The molecule has 0 atom stereocenters. The Morgan fingerprint density at radius 1 is 1.08 bits per heavy atom. The summed E-state index contributed by atoms with van der Waals surface area (Å²) in [6.07, 6.45) is 12.8. The summed E-state index contributed by atoms with van der Waals surface area (Å²) in [7, 11) is 0. The molecule has 0 saturated carbocycles. The Balaban J connectivity index is 2.55. The van der Waals surface area contributed by atoms with Gasteiger partial charge in [-0.25, -0.2) is 0 Å². The van der Waals surface area contributed by atoms with Gasteiger partial charge in [0.2, 0.25) is 0 Å². The number of hydrogen-bond acceptors (Lipinski definition) is 2. The van der Waals surface area contributed by atoms with Crippen LogP contribution in [-0.4, -0.2) is 0 Å². The zero-order valence-corrected chi connectivity index (χ0v) is 6.90. The number of nitriles is 1. The Morgan fingerprint density at radius 3 is 2.77 bits per heavy atom. The predicted octanol–water partition coefficient (Wildman–Crippen LogP) is 2.36. The van der Waals surface area contributed by atoms with E-state index in [9.17, 15) is 0 Å². The van der Waals surface area contributed by atoms with Crippen LogP contribution >= 0.6 is 0 Å². The maximum Gasteiger partial charge on any atom is 0.145 e. The van der Waals surface area contributed by atoms with Gasteiger partial charge in [0.25, 0.3) is 0 Å². The van der Waals surface area contributed by atoms with Gasteiger partial charge in [0.1, 0.15) is 17.6 Å². The number of hydrogen-bond donors (Lipinski definition) is 0. The summed E-state index contributed by atoms with van der Waals surface area (Å²) in [6, 6.07) is 2.08. The summed E-state index contributed by atoms with van der Waals surface area (Å²) in [6.45, 7) is 0. The van der Waals surface area contributed by atoms with Crippen molar-refractivity contribution >= 4 is 0 Å². The first-order valence-electron chi connectivity index (χ1n) is 3.95. The van der Waals surface area contributed by atoms with E-state index in [2.05, 4.69) is 6.07 Å². The van der Waals surface area contributed by atoms with Gasteiger partial charge in [0.05, 0.1) is 5.57 Å². The summed E-state index contributed by atoms with van der Waals surface area (Å²) in [5.41, 5.74) is 0.547. The molecule has 2 rings (SSSR count). The van der Waals surface area contributed by atoms with E-state index in [0.717, 1.165) is 5.76 Å². The molecule has 0 amide bonds. The second-order valence-corrected chi connectivity index (χ2v) is 2.64. The molecule has 0 fully saturated rings. The van der Waals surface area contributed by atoms with Gasteiger partial charge in [-0.1, -0.05) is 18.2 Å². The molecule has 0 aliphatic carbocycles. The molecule has 0 N–H and O–H groups in total. The third kappa shape index (κ3) is 1.45. The zero-order valence-electron chi connectivity index (χ0n) is 6.90. The smallest absolute Gasteiger partial charge is 0.145 e. The molecule has 62 valence electrons. The standard InChI is InChI=1S/C11H7NO/c12-8-9-4-3-6-10-5-1-2-7-11(9)13-10/h1-7H. The number of allylic oxidation sites excluding steroid dienone is 8. The van der Waals surface area contributed by atoms with Gasteiger partial charge >= 0.3 is 0 Å². The fourth-order valence-corrected chi connectivity index (χ4v) is 1.14. The maximum atomic E-state index is 8.80. The molecule has 0 unspecified atom stereocenters. The minimum absolute atomic E-state index is 0.547. The summed E-state index contributed by atoms with van der Waals surface area (Å²) >= 11 is 0. The van der Waals surface area contributed by atoms with E-state index in [4.69, 9.17) is 10.00 Å². The quantitative estimate of drug-likeness (QED) is 0.557. The number of fused-ring (bicyclic) bond motifs is 2. The number of ether oxygens (including phenoxy) is 1. The molecule has 0 aromatic heterocycles. The van der Waals surface area contributed by atoms with E-state index in [1.165, 1.54) is 0 Å². The van der Waals surface area contributed by atoms with E-state index < -0.39 is 0 Å². The van der Waals surface area contributed by atoms with Crippen molar-refractivity contribution < 1.29 is 4.74 Å². The van der Waals surface area contributed by atoms with Crippen LogP contribution < -0.4 is 0 Å². The maximum absolute atomic E-state index is 8.80. The van der Waals surface area contributed by atoms with Gasteiger partial charge in [0.15, 0.2) is 0 Å². The van der Waals surface area contributed by atoms with Crippen LogP contribution in [0.2, 0.25) is 0 Å². The van der Waals surface area contributed by atoms with E-state index in [0.29, 0.717) is 11.3 Å². The highest BCUT2D eigenvalue weighted by atomic mass is 16.5. The minimum Gasteiger partial charge on any atom is -0.456 e. The van der Waals surface area contributed by atoms with E-state index in [-0.39, 0.29) is 0 Å². The van der Waals surface area contributed by atoms with Crippen LogP contribution in [0, 0.1) is 11.3 Å². The monoisotopic (exact) mass is 169 g/mol. The number of nitrogens with zero attached hydrogens (tertiary/aromatic N) is 1. The molecule has 2 aliphatic heterocycles. The second kappa shape index (κ2) is 3.16. The number of rotatable bonds is 0. The lowest BCUT2D eigenvalue weighted by Crippen LogP contribution is -1.88. The average Bonchev–Trinajstić information content (AvgIpc) is 2.49. The highest BCUT2D eigenvalue weighted by Gasteiger charge is 2.08. The van der Waals surface area contributed by atoms with Gasteiger partial charge in [0, 0.05) is 0 Å². The second-order valence-electron chi connectivity index (χ2n) is 2.64. The van der Waals surface area contributed by atoms with E-state index >= 15 is 0 Å². The fraction of sp³-hybridized carbons (Fsp3) is 0. The van der Waals surface area contributed by atoms with Crippen LogP contribution in [0.5, 0.6) is 0 Å². The van der Waals surface area contributed by atoms with Gasteiger partial charge in [-0.05, 0) is 24.3 Å². The Hall–Kier alpha value is -2.01. The first-order valence-corrected chi connectivity index (χ1v) is 3.95. The van der Waals surface area contributed by atoms with Crippen molar-refractivity contribution in [2.24, 2.45) is 0 Å². The first-order chi connectivity index (χ1) is 6.40. The Kier molecular flexibility index (Phi) is 1.85. The van der Waals surface area contributed by atoms with Gasteiger partial charge in [-0.15, -0.1) is 0 Å². The minimum atomic E-state index is 0.547. The topological polar surface area (TPSA) is 33.0 Å². The van der Waals surface area contributed by atoms with Crippen molar-refractivity contribution in [3.8, 4) is 6.07 Å².